The first kappa shape index (κ1) is 14.5. The average molecular weight is 283 g/mol. The molecular weight excluding hydrogens is 262 g/mol. The third kappa shape index (κ3) is 2.83. The van der Waals surface area contributed by atoms with Crippen molar-refractivity contribution in [2.45, 2.75) is 26.4 Å². The fourth-order valence-electron chi connectivity index (χ4n) is 2.95. The lowest BCUT2D eigenvalue weighted by molar-refractivity contribution is 0.0471. The van der Waals surface area contributed by atoms with E-state index in [1.807, 2.05) is 32.0 Å². The largest absolute Gasteiger partial charge is 0.388 e. The molecule has 0 amide bonds. The topological polar surface area (TPSA) is 80.4 Å². The Morgan fingerprint density at radius 3 is 2.32 bits per heavy atom. The lowest BCUT2D eigenvalue weighted by atomic mass is 9.78. The molecule has 1 aromatic rings. The average Bonchev–Trinajstić information content (AvgIpc) is 2.64. The molecule has 0 radical (unpaired) electrons. The second kappa shape index (κ2) is 4.89. The van der Waals surface area contributed by atoms with E-state index in [-0.39, 0.29) is 18.1 Å². The monoisotopic (exact) mass is 283 g/mol. The first-order valence-corrected chi connectivity index (χ1v) is 8.27. The normalized spacial score (nSPS) is 27.4. The molecule has 2 atom stereocenters. The zero-order valence-corrected chi connectivity index (χ0v) is 12.2. The van der Waals surface area contributed by atoms with Crippen LogP contribution in [0.4, 0.5) is 0 Å². The molecule has 5 heteroatoms. The molecule has 1 fully saturated rings. The minimum atomic E-state index is -3.08. The molecule has 0 aromatic heterocycles. The Bertz CT molecular complexity index is 562. The van der Waals surface area contributed by atoms with Crippen molar-refractivity contribution in [2.24, 2.45) is 11.1 Å². The van der Waals surface area contributed by atoms with Crippen molar-refractivity contribution in [3.8, 4) is 0 Å². The van der Waals surface area contributed by atoms with Crippen LogP contribution in [0, 0.1) is 19.3 Å². The van der Waals surface area contributed by atoms with E-state index < -0.39 is 21.4 Å². The van der Waals surface area contributed by atoms with Gasteiger partial charge in [-0.25, -0.2) is 8.42 Å². The molecule has 19 heavy (non-hydrogen) atoms. The third-order valence-electron chi connectivity index (χ3n) is 3.96. The highest BCUT2D eigenvalue weighted by atomic mass is 32.2. The Labute approximate surface area is 114 Å². The van der Waals surface area contributed by atoms with E-state index in [4.69, 9.17) is 5.73 Å². The Balaban J connectivity index is 2.39. The van der Waals surface area contributed by atoms with Crippen LogP contribution in [0.1, 0.15) is 29.2 Å². The van der Waals surface area contributed by atoms with Gasteiger partial charge in [0.2, 0.25) is 0 Å². The molecule has 1 aliphatic heterocycles. The molecule has 2 rings (SSSR count). The first-order chi connectivity index (χ1) is 8.78. The van der Waals surface area contributed by atoms with Crippen LogP contribution in [0.15, 0.2) is 18.2 Å². The number of aliphatic hydroxyl groups excluding tert-OH is 1. The van der Waals surface area contributed by atoms with Crippen LogP contribution in [0.3, 0.4) is 0 Å². The van der Waals surface area contributed by atoms with Crippen LogP contribution in [0.2, 0.25) is 0 Å². The smallest absolute Gasteiger partial charge is 0.151 e. The van der Waals surface area contributed by atoms with Gasteiger partial charge in [0.1, 0.15) is 0 Å². The summed E-state index contributed by atoms with van der Waals surface area (Å²) >= 11 is 0. The number of hydrogen-bond acceptors (Lipinski definition) is 4. The number of aliphatic hydroxyl groups is 1. The number of rotatable bonds is 3. The Hall–Kier alpha value is -0.910. The standard InChI is InChI=1S/C14H21NO3S/c1-10-5-11(2)7-12(6-10)13(16)14(8-15)3-4-19(17,18)9-14/h5-7,13,16H,3-4,8-9,15H2,1-2H3. The summed E-state index contributed by atoms with van der Waals surface area (Å²) in [6, 6.07) is 5.83. The van der Waals surface area contributed by atoms with E-state index >= 15 is 0 Å². The van der Waals surface area contributed by atoms with E-state index in [1.165, 1.54) is 0 Å². The van der Waals surface area contributed by atoms with E-state index in [2.05, 4.69) is 0 Å². The first-order valence-electron chi connectivity index (χ1n) is 6.45. The number of hydrogen-bond donors (Lipinski definition) is 2. The van der Waals surface area contributed by atoms with Crippen LogP contribution < -0.4 is 5.73 Å². The molecule has 0 saturated carbocycles. The molecule has 1 heterocycles. The molecular formula is C14H21NO3S. The van der Waals surface area contributed by atoms with Crippen LogP contribution in [-0.4, -0.2) is 31.6 Å². The number of benzene rings is 1. The summed E-state index contributed by atoms with van der Waals surface area (Å²) in [5.74, 6) is 0.0940. The molecule has 1 saturated heterocycles. The van der Waals surface area contributed by atoms with Crippen LogP contribution in [-0.2, 0) is 9.84 Å². The molecule has 106 valence electrons. The van der Waals surface area contributed by atoms with Crippen molar-refractivity contribution in [3.05, 3.63) is 34.9 Å². The highest BCUT2D eigenvalue weighted by molar-refractivity contribution is 7.91. The van der Waals surface area contributed by atoms with E-state index in [1.54, 1.807) is 0 Å². The van der Waals surface area contributed by atoms with Crippen molar-refractivity contribution in [1.29, 1.82) is 0 Å². The maximum absolute atomic E-state index is 11.7. The Kier molecular flexibility index (Phi) is 3.73. The van der Waals surface area contributed by atoms with Crippen molar-refractivity contribution >= 4 is 9.84 Å². The lowest BCUT2D eigenvalue weighted by Gasteiger charge is -2.32. The number of sulfone groups is 1. The Morgan fingerprint density at radius 1 is 1.32 bits per heavy atom. The third-order valence-corrected chi connectivity index (χ3v) is 5.81. The SMILES string of the molecule is Cc1cc(C)cc(C(O)C2(CN)CCS(=O)(=O)C2)c1. The molecule has 4 nitrogen and oxygen atoms in total. The zero-order chi connectivity index (χ0) is 14.3. The van der Waals surface area contributed by atoms with Gasteiger partial charge in [-0.3, -0.25) is 0 Å². The molecule has 2 unspecified atom stereocenters. The van der Waals surface area contributed by atoms with Crippen LogP contribution >= 0.6 is 0 Å². The highest BCUT2D eigenvalue weighted by Gasteiger charge is 2.47. The van der Waals surface area contributed by atoms with Gasteiger partial charge in [-0.2, -0.15) is 0 Å². The molecule has 3 N–H and O–H groups in total. The fourth-order valence-corrected chi connectivity index (χ4v) is 5.11. The maximum Gasteiger partial charge on any atom is 0.151 e. The summed E-state index contributed by atoms with van der Waals surface area (Å²) < 4.78 is 23.4. The molecule has 0 spiro atoms. The number of nitrogens with two attached hydrogens (primary N) is 1. The van der Waals surface area contributed by atoms with E-state index in [9.17, 15) is 13.5 Å². The lowest BCUT2D eigenvalue weighted by Crippen LogP contribution is -2.38. The van der Waals surface area contributed by atoms with Crippen LogP contribution in [0.25, 0.3) is 0 Å². The summed E-state index contributed by atoms with van der Waals surface area (Å²) in [7, 11) is -3.08. The Morgan fingerprint density at radius 2 is 1.89 bits per heavy atom. The van der Waals surface area contributed by atoms with Gasteiger partial charge in [-0.05, 0) is 25.8 Å². The molecule has 0 bridgehead atoms. The van der Waals surface area contributed by atoms with Gasteiger partial charge >= 0.3 is 0 Å². The van der Waals surface area contributed by atoms with Crippen LogP contribution in [0.5, 0.6) is 0 Å². The van der Waals surface area contributed by atoms with Gasteiger partial charge < -0.3 is 10.8 Å². The summed E-state index contributed by atoms with van der Waals surface area (Å²) in [5.41, 5.74) is 7.92. The summed E-state index contributed by atoms with van der Waals surface area (Å²) in [6.07, 6.45) is -0.395. The predicted molar refractivity (Wildman–Crippen MR) is 75.6 cm³/mol. The van der Waals surface area contributed by atoms with Gasteiger partial charge in [0.05, 0.1) is 17.6 Å². The maximum atomic E-state index is 11.7. The van der Waals surface area contributed by atoms with Crippen molar-refractivity contribution in [2.75, 3.05) is 18.1 Å². The quantitative estimate of drug-likeness (QED) is 0.870. The fraction of sp³-hybridized carbons (Fsp3) is 0.571. The summed E-state index contributed by atoms with van der Waals surface area (Å²) in [4.78, 5) is 0. The highest BCUT2D eigenvalue weighted by Crippen LogP contribution is 2.42. The second-order valence-corrected chi connectivity index (χ2v) is 7.92. The second-order valence-electron chi connectivity index (χ2n) is 5.73. The van der Waals surface area contributed by atoms with Gasteiger partial charge in [0.15, 0.2) is 9.84 Å². The van der Waals surface area contributed by atoms with Gasteiger partial charge in [-0.1, -0.05) is 29.3 Å². The van der Waals surface area contributed by atoms with E-state index in [0.717, 1.165) is 16.7 Å². The van der Waals surface area contributed by atoms with Gasteiger partial charge in [0, 0.05) is 12.0 Å². The molecule has 1 aliphatic rings. The zero-order valence-electron chi connectivity index (χ0n) is 11.4. The van der Waals surface area contributed by atoms with E-state index in [0.29, 0.717) is 6.42 Å². The molecule has 0 aliphatic carbocycles. The van der Waals surface area contributed by atoms with Gasteiger partial charge in [0.25, 0.3) is 0 Å². The van der Waals surface area contributed by atoms with Crippen molar-refractivity contribution in [1.82, 2.24) is 0 Å². The van der Waals surface area contributed by atoms with Crippen molar-refractivity contribution < 1.29 is 13.5 Å². The summed E-state index contributed by atoms with van der Waals surface area (Å²) in [5, 5.41) is 10.6. The predicted octanol–water partition coefficient (Wildman–Crippen LogP) is 1.10. The number of aryl methyl sites for hydroxylation is 2. The molecule has 1 aromatic carbocycles. The minimum absolute atomic E-state index is 0.0232. The summed E-state index contributed by atoms with van der Waals surface area (Å²) in [6.45, 7) is 4.11. The minimum Gasteiger partial charge on any atom is -0.388 e. The van der Waals surface area contributed by atoms with Crippen molar-refractivity contribution in [3.63, 3.8) is 0 Å². The van der Waals surface area contributed by atoms with Gasteiger partial charge in [-0.15, -0.1) is 0 Å².